The van der Waals surface area contributed by atoms with Gasteiger partial charge in [-0.25, -0.2) is 4.98 Å². The molecule has 0 aliphatic carbocycles. The van der Waals surface area contributed by atoms with Gasteiger partial charge in [0.1, 0.15) is 12.5 Å². The SMILES string of the molecule is CC(C)(C)c1ccc(C(C)(C)c2ccnc(-n3c4ccc(-c5ccccc5)cc4c4ccc([Si](c5ccccc5)(c5ccccc5)c5cc(N6CN(c7cc(C(C)(C)C)cc(C(C)(C)C)c7)c7ccccc76)cc(C(C)(C)C)c5)cc43)c2)cc1. The van der Waals surface area contributed by atoms with Crippen molar-refractivity contribution in [3.63, 3.8) is 0 Å². The molecule has 0 amide bonds. The van der Waals surface area contributed by atoms with E-state index in [-0.39, 0.29) is 27.1 Å². The predicted molar refractivity (Wildman–Crippen MR) is 363 cm³/mol. The van der Waals surface area contributed by atoms with Gasteiger partial charge in [0.25, 0.3) is 0 Å². The Bertz CT molecular complexity index is 4150. The van der Waals surface area contributed by atoms with E-state index in [0.29, 0.717) is 6.67 Å². The molecule has 84 heavy (non-hydrogen) atoms. The highest BCUT2D eigenvalue weighted by atomic mass is 28.3. The number of pyridine rings is 1. The highest BCUT2D eigenvalue weighted by Gasteiger charge is 2.44. The first-order chi connectivity index (χ1) is 39.9. The number of nitrogens with zero attached hydrogens (tertiary/aromatic N) is 4. The van der Waals surface area contributed by atoms with Crippen LogP contribution in [-0.4, -0.2) is 24.3 Å². The van der Waals surface area contributed by atoms with Gasteiger partial charge in [0.05, 0.1) is 22.4 Å². The third kappa shape index (κ3) is 10.1. The molecule has 2 aromatic heterocycles. The van der Waals surface area contributed by atoms with Crippen LogP contribution >= 0.6 is 0 Å². The molecule has 0 unspecified atom stereocenters. The number of fused-ring (bicyclic) bond motifs is 4. The molecule has 422 valence electrons. The molecular weight excluding hydrogens is 1030 g/mol. The number of hydrogen-bond acceptors (Lipinski definition) is 3. The molecule has 11 aromatic rings. The fraction of sp³-hybridized carbons (Fsp3) is 0.253. The Morgan fingerprint density at radius 3 is 1.38 bits per heavy atom. The van der Waals surface area contributed by atoms with Crippen LogP contribution in [0, 0.1) is 0 Å². The van der Waals surface area contributed by atoms with Crippen molar-refractivity contribution in [2.45, 2.75) is 124 Å². The van der Waals surface area contributed by atoms with Crippen LogP contribution in [0.3, 0.4) is 0 Å². The van der Waals surface area contributed by atoms with Crippen LogP contribution in [-0.2, 0) is 27.1 Å². The largest absolute Gasteiger partial charge is 0.321 e. The Labute approximate surface area is 501 Å². The highest BCUT2D eigenvalue weighted by Crippen LogP contribution is 2.47. The number of anilines is 4. The van der Waals surface area contributed by atoms with Gasteiger partial charge in [-0.2, -0.15) is 0 Å². The number of para-hydroxylation sites is 2. The number of rotatable bonds is 10. The molecule has 0 spiro atoms. The molecule has 0 bridgehead atoms. The van der Waals surface area contributed by atoms with Gasteiger partial charge in [0.2, 0.25) is 0 Å². The molecule has 9 aromatic carbocycles. The van der Waals surface area contributed by atoms with Gasteiger partial charge in [-0.1, -0.05) is 255 Å². The van der Waals surface area contributed by atoms with E-state index in [1.54, 1.807) is 0 Å². The van der Waals surface area contributed by atoms with Crippen LogP contribution in [0.15, 0.2) is 231 Å². The first-order valence-electron chi connectivity index (χ1n) is 30.2. The number of aromatic nitrogens is 2. The van der Waals surface area contributed by atoms with Crippen LogP contribution in [0.25, 0.3) is 38.8 Å². The molecule has 0 atom stereocenters. The van der Waals surface area contributed by atoms with Crippen LogP contribution in [0.4, 0.5) is 22.7 Å². The van der Waals surface area contributed by atoms with Gasteiger partial charge < -0.3 is 9.80 Å². The minimum Gasteiger partial charge on any atom is -0.321 e. The average molecular weight is 1120 g/mol. The summed E-state index contributed by atoms with van der Waals surface area (Å²) in [5, 5.41) is 7.71. The fourth-order valence-corrected chi connectivity index (χ4v) is 17.7. The molecular formula is C79H82N4Si. The van der Waals surface area contributed by atoms with Crippen LogP contribution < -0.4 is 30.5 Å². The van der Waals surface area contributed by atoms with Crippen LogP contribution in [0.1, 0.15) is 130 Å². The Kier molecular flexibility index (Phi) is 13.9. The first-order valence-corrected chi connectivity index (χ1v) is 32.2. The quantitative estimate of drug-likeness (QED) is 0.101. The van der Waals surface area contributed by atoms with Gasteiger partial charge in [0.15, 0.2) is 8.07 Å². The zero-order chi connectivity index (χ0) is 59.1. The van der Waals surface area contributed by atoms with Crippen molar-refractivity contribution >= 4 is 73.4 Å². The van der Waals surface area contributed by atoms with E-state index in [4.69, 9.17) is 4.98 Å². The zero-order valence-corrected chi connectivity index (χ0v) is 52.9. The predicted octanol–water partition coefficient (Wildman–Crippen LogP) is 18.0. The summed E-state index contributed by atoms with van der Waals surface area (Å²) in [4.78, 5) is 10.4. The average Bonchev–Trinajstić information content (AvgIpc) is 1.85. The van der Waals surface area contributed by atoms with E-state index in [1.807, 2.05) is 6.20 Å². The summed E-state index contributed by atoms with van der Waals surface area (Å²) in [5.74, 6) is 0.903. The summed E-state index contributed by atoms with van der Waals surface area (Å²) in [6.07, 6.45) is 2.02. The number of benzene rings is 9. The van der Waals surface area contributed by atoms with Crippen molar-refractivity contribution in [1.82, 2.24) is 9.55 Å². The molecule has 1 aliphatic heterocycles. The third-order valence-electron chi connectivity index (χ3n) is 18.1. The van der Waals surface area contributed by atoms with Crippen LogP contribution in [0.5, 0.6) is 0 Å². The molecule has 12 rings (SSSR count). The minimum absolute atomic E-state index is 0.0208. The summed E-state index contributed by atoms with van der Waals surface area (Å²) in [5.41, 5.74) is 16.9. The van der Waals surface area contributed by atoms with E-state index < -0.39 is 8.07 Å². The van der Waals surface area contributed by atoms with Gasteiger partial charge in [-0.15, -0.1) is 0 Å². The Morgan fingerprint density at radius 2 is 0.833 bits per heavy atom. The Hall–Kier alpha value is -8.25. The summed E-state index contributed by atoms with van der Waals surface area (Å²) >= 11 is 0. The molecule has 0 N–H and O–H groups in total. The lowest BCUT2D eigenvalue weighted by atomic mass is 9.77. The fourth-order valence-electron chi connectivity index (χ4n) is 12.9. The standard InChI is InChI=1S/C79H82N4Si/c1-75(2,3)56-35-37-57(38-36-56)79(13,14)58-42-43-80-74(50-58)83-70-41-34-55(54-26-18-15-19-27-54)44-69(70)68-40-39-66(52-73(68)83)84(64-28-20-16-21-29-64,65-30-22-17-23-31-65)67-49-61(78(10,11)12)48-63(51-67)82-53-81(71-32-24-25-33-72(71)82)62-46-59(76(4,5)6)45-60(47-62)77(7,8)9/h15-52H,53H2,1-14H3. The van der Waals surface area contributed by atoms with E-state index in [2.05, 4.69) is 336 Å². The van der Waals surface area contributed by atoms with Crippen molar-refractivity contribution in [1.29, 1.82) is 0 Å². The lowest BCUT2D eigenvalue weighted by Gasteiger charge is -2.37. The lowest BCUT2D eigenvalue weighted by Crippen LogP contribution is -2.74. The number of hydrogen-bond donors (Lipinski definition) is 0. The monoisotopic (exact) mass is 1110 g/mol. The van der Waals surface area contributed by atoms with Gasteiger partial charge in [0, 0.05) is 33.8 Å². The topological polar surface area (TPSA) is 24.3 Å². The summed E-state index contributed by atoms with van der Waals surface area (Å²) in [7, 11) is -3.25. The van der Waals surface area contributed by atoms with Crippen molar-refractivity contribution in [3.05, 3.63) is 264 Å². The molecule has 0 saturated heterocycles. The second-order valence-corrected chi connectivity index (χ2v) is 32.1. The summed E-state index contributed by atoms with van der Waals surface area (Å²) in [6, 6.07) is 85.9. The minimum atomic E-state index is -3.25. The Morgan fingerprint density at radius 1 is 0.333 bits per heavy atom. The maximum atomic E-state index is 5.32. The van der Waals surface area contributed by atoms with Crippen LogP contribution in [0.2, 0.25) is 0 Å². The molecule has 1 aliphatic rings. The van der Waals surface area contributed by atoms with Crippen molar-refractivity contribution in [3.8, 4) is 16.9 Å². The van der Waals surface area contributed by atoms with Crippen molar-refractivity contribution in [2.75, 3.05) is 16.5 Å². The molecule has 4 nitrogen and oxygen atoms in total. The second kappa shape index (κ2) is 20.8. The first kappa shape index (κ1) is 56.2. The van der Waals surface area contributed by atoms with Crippen molar-refractivity contribution in [2.24, 2.45) is 0 Å². The van der Waals surface area contributed by atoms with Gasteiger partial charge in [-0.3, -0.25) is 4.57 Å². The molecule has 0 radical (unpaired) electrons. The second-order valence-electron chi connectivity index (χ2n) is 28.3. The summed E-state index contributed by atoms with van der Waals surface area (Å²) in [6.45, 7) is 33.3. The summed E-state index contributed by atoms with van der Waals surface area (Å²) < 4.78 is 2.45. The third-order valence-corrected chi connectivity index (χ3v) is 22.9. The van der Waals surface area contributed by atoms with E-state index >= 15 is 0 Å². The smallest absolute Gasteiger partial charge is 0.179 e. The Balaban J connectivity index is 1.11. The molecule has 3 heterocycles. The maximum Gasteiger partial charge on any atom is 0.179 e. The highest BCUT2D eigenvalue weighted by molar-refractivity contribution is 7.20. The van der Waals surface area contributed by atoms with E-state index in [1.165, 1.54) is 98.8 Å². The van der Waals surface area contributed by atoms with Gasteiger partial charge >= 0.3 is 0 Å². The molecule has 0 saturated carbocycles. The van der Waals surface area contributed by atoms with E-state index in [9.17, 15) is 0 Å². The molecule has 0 fully saturated rings. The zero-order valence-electron chi connectivity index (χ0n) is 51.9. The lowest BCUT2D eigenvalue weighted by molar-refractivity contribution is 0.568. The van der Waals surface area contributed by atoms with Crippen molar-refractivity contribution < 1.29 is 0 Å². The van der Waals surface area contributed by atoms with E-state index in [0.717, 1.165) is 16.9 Å². The van der Waals surface area contributed by atoms with Gasteiger partial charge in [-0.05, 0) is 154 Å². The molecule has 5 heteroatoms. The normalized spacial score (nSPS) is 13.5. The maximum absolute atomic E-state index is 5.32.